The van der Waals surface area contributed by atoms with Gasteiger partial charge in [-0.05, 0) is 88.9 Å². The highest BCUT2D eigenvalue weighted by atomic mass is 19.1. The molecule has 8 heteroatoms. The van der Waals surface area contributed by atoms with Crippen LogP contribution in [-0.4, -0.2) is 54.1 Å². The Labute approximate surface area is 228 Å². The number of halogens is 1. The van der Waals surface area contributed by atoms with Crippen LogP contribution in [0, 0.1) is 12.3 Å². The average molecular weight is 537 g/mol. The molecule has 1 aliphatic carbocycles. The van der Waals surface area contributed by atoms with Crippen molar-refractivity contribution in [1.29, 1.82) is 0 Å². The monoisotopic (exact) mass is 536 g/mol. The highest BCUT2D eigenvalue weighted by molar-refractivity contribution is 5.95. The maximum atomic E-state index is 14.5. The Morgan fingerprint density at radius 1 is 1.10 bits per heavy atom. The molecular weight excluding hydrogens is 499 g/mol. The number of hydrogen-bond acceptors (Lipinski definition) is 6. The van der Waals surface area contributed by atoms with E-state index in [-0.39, 0.29) is 17.4 Å². The van der Waals surface area contributed by atoms with Crippen molar-refractivity contribution >= 4 is 23.0 Å². The number of alkyl halides is 1. The lowest BCUT2D eigenvalue weighted by Crippen LogP contribution is -2.38. The van der Waals surface area contributed by atoms with Gasteiger partial charge >= 0.3 is 12.1 Å². The van der Waals surface area contributed by atoms with Crippen molar-refractivity contribution in [3.63, 3.8) is 0 Å². The fourth-order valence-electron chi connectivity index (χ4n) is 5.96. The first kappa shape index (κ1) is 27.2. The third kappa shape index (κ3) is 5.14. The normalized spacial score (nSPS) is 23.2. The number of likely N-dealkylation sites (tertiary alicyclic amines) is 1. The number of fused-ring (bicyclic) bond motifs is 1. The van der Waals surface area contributed by atoms with E-state index in [2.05, 4.69) is 4.90 Å². The second kappa shape index (κ2) is 9.97. The van der Waals surface area contributed by atoms with Gasteiger partial charge in [-0.15, -0.1) is 0 Å². The number of hydrogen-bond donors (Lipinski definition) is 0. The third-order valence-electron chi connectivity index (χ3n) is 8.15. The minimum Gasteiger partial charge on any atom is -0.496 e. The van der Waals surface area contributed by atoms with Gasteiger partial charge in [0.15, 0.2) is 0 Å². The molecule has 0 bridgehead atoms. The van der Waals surface area contributed by atoms with Gasteiger partial charge in [-0.25, -0.2) is 14.0 Å². The molecule has 1 aliphatic heterocycles. The molecule has 2 aromatic carbocycles. The summed E-state index contributed by atoms with van der Waals surface area (Å²) in [6.07, 6.45) is 2.67. The summed E-state index contributed by atoms with van der Waals surface area (Å²) < 4.78 is 32.4. The van der Waals surface area contributed by atoms with Crippen LogP contribution in [0.2, 0.25) is 0 Å². The van der Waals surface area contributed by atoms with Crippen molar-refractivity contribution in [3.8, 4) is 5.75 Å². The van der Waals surface area contributed by atoms with Crippen LogP contribution >= 0.6 is 0 Å². The fourth-order valence-corrected chi connectivity index (χ4v) is 5.96. The maximum absolute atomic E-state index is 14.5. The van der Waals surface area contributed by atoms with E-state index in [0.717, 1.165) is 46.3 Å². The summed E-state index contributed by atoms with van der Waals surface area (Å²) in [6, 6.07) is 11.3. The van der Waals surface area contributed by atoms with E-state index in [9.17, 15) is 14.0 Å². The SMILES string of the molecule is COC(=O)c1ccc(C2CC3(CCN2Cc2c(OC)cc(C)c4c2ccn4C(=O)OC(C)(C)C)CC3F)cc1. The number of aryl methyl sites for hydroxylation is 1. The summed E-state index contributed by atoms with van der Waals surface area (Å²) in [5.41, 5.74) is 3.31. The van der Waals surface area contributed by atoms with E-state index in [4.69, 9.17) is 14.2 Å². The number of methoxy groups -OCH3 is 2. The molecule has 1 saturated heterocycles. The van der Waals surface area contributed by atoms with Gasteiger partial charge in [0.05, 0.1) is 25.3 Å². The van der Waals surface area contributed by atoms with E-state index in [1.54, 1.807) is 30.0 Å². The molecule has 208 valence electrons. The van der Waals surface area contributed by atoms with Crippen molar-refractivity contribution < 1.29 is 28.2 Å². The molecule has 0 radical (unpaired) electrons. The Morgan fingerprint density at radius 3 is 2.38 bits per heavy atom. The van der Waals surface area contributed by atoms with Crippen LogP contribution in [0.25, 0.3) is 10.9 Å². The second-order valence-corrected chi connectivity index (χ2v) is 11.9. The number of carbonyl (C=O) groups excluding carboxylic acids is 2. The molecule has 0 amide bonds. The number of piperidine rings is 1. The first-order valence-electron chi connectivity index (χ1n) is 13.4. The molecule has 2 heterocycles. The molecule has 39 heavy (non-hydrogen) atoms. The smallest absolute Gasteiger partial charge is 0.419 e. The molecule has 1 spiro atoms. The lowest BCUT2D eigenvalue weighted by Gasteiger charge is -2.40. The van der Waals surface area contributed by atoms with Gasteiger partial charge in [0.2, 0.25) is 0 Å². The van der Waals surface area contributed by atoms with E-state index in [1.807, 2.05) is 52.0 Å². The minimum atomic E-state index is -0.764. The van der Waals surface area contributed by atoms with Gasteiger partial charge < -0.3 is 14.2 Å². The fraction of sp³-hybridized carbons (Fsp3) is 0.484. The Kier molecular flexibility index (Phi) is 6.95. The van der Waals surface area contributed by atoms with Crippen LogP contribution in [0.15, 0.2) is 42.6 Å². The summed E-state index contributed by atoms with van der Waals surface area (Å²) in [5.74, 6) is 0.364. The van der Waals surface area contributed by atoms with Gasteiger partial charge in [0.1, 0.15) is 17.5 Å². The molecule has 0 N–H and O–H groups in total. The zero-order valence-corrected chi connectivity index (χ0v) is 23.5. The van der Waals surface area contributed by atoms with Crippen molar-refractivity contribution in [1.82, 2.24) is 9.47 Å². The van der Waals surface area contributed by atoms with Gasteiger partial charge in [-0.2, -0.15) is 0 Å². The average Bonchev–Trinajstić information content (AvgIpc) is 3.29. The van der Waals surface area contributed by atoms with E-state index in [1.165, 1.54) is 7.11 Å². The molecule has 3 aromatic rings. The predicted octanol–water partition coefficient (Wildman–Crippen LogP) is 6.59. The summed E-state index contributed by atoms with van der Waals surface area (Å²) >= 11 is 0. The van der Waals surface area contributed by atoms with Crippen molar-refractivity contribution in [2.24, 2.45) is 5.41 Å². The Balaban J connectivity index is 1.52. The lowest BCUT2D eigenvalue weighted by molar-refractivity contribution is 0.0542. The first-order valence-corrected chi connectivity index (χ1v) is 13.4. The Bertz CT molecular complexity index is 1410. The topological polar surface area (TPSA) is 70.0 Å². The van der Waals surface area contributed by atoms with Gasteiger partial charge in [-0.3, -0.25) is 9.47 Å². The number of esters is 1. The lowest BCUT2D eigenvalue weighted by atomic mass is 9.83. The summed E-state index contributed by atoms with van der Waals surface area (Å²) in [7, 11) is 3.02. The van der Waals surface area contributed by atoms with Gasteiger partial charge in [0.25, 0.3) is 0 Å². The zero-order chi connectivity index (χ0) is 28.1. The number of rotatable bonds is 5. The van der Waals surface area contributed by atoms with Crippen LogP contribution < -0.4 is 4.74 Å². The summed E-state index contributed by atoms with van der Waals surface area (Å²) in [4.78, 5) is 27.4. The molecule has 2 aliphatic rings. The molecule has 2 fully saturated rings. The van der Waals surface area contributed by atoms with E-state index >= 15 is 0 Å². The number of ether oxygens (including phenoxy) is 3. The number of benzene rings is 2. The second-order valence-electron chi connectivity index (χ2n) is 11.9. The highest BCUT2D eigenvalue weighted by Crippen LogP contribution is 2.60. The summed E-state index contributed by atoms with van der Waals surface area (Å²) in [6.45, 7) is 8.80. The van der Waals surface area contributed by atoms with E-state index in [0.29, 0.717) is 24.9 Å². The molecular formula is C31H37FN2O5. The molecule has 3 unspecified atom stereocenters. The standard InChI is InChI=1S/C31H37FN2O5/c1-19-15-25(37-5)23(22-11-13-34(27(19)22)29(36)39-30(2,3)4)18-33-14-12-31(17-26(31)32)16-24(33)20-7-9-21(10-8-20)28(35)38-6/h7-11,13,15,24,26H,12,14,16-18H2,1-6H3. The third-order valence-corrected chi connectivity index (χ3v) is 8.15. The number of nitrogens with zero attached hydrogens (tertiary/aromatic N) is 2. The minimum absolute atomic E-state index is 0.0276. The van der Waals surface area contributed by atoms with Crippen LogP contribution in [0.1, 0.15) is 73.1 Å². The van der Waals surface area contributed by atoms with Crippen molar-refractivity contribution in [3.05, 3.63) is 64.8 Å². The zero-order valence-electron chi connectivity index (χ0n) is 23.5. The van der Waals surface area contributed by atoms with E-state index < -0.39 is 17.9 Å². The van der Waals surface area contributed by atoms with Crippen LogP contribution in [0.3, 0.4) is 0 Å². The molecule has 1 saturated carbocycles. The van der Waals surface area contributed by atoms with Gasteiger partial charge in [0, 0.05) is 35.1 Å². The Hall–Kier alpha value is -3.39. The van der Waals surface area contributed by atoms with Gasteiger partial charge in [-0.1, -0.05) is 12.1 Å². The van der Waals surface area contributed by atoms with Crippen LogP contribution in [0.4, 0.5) is 9.18 Å². The predicted molar refractivity (Wildman–Crippen MR) is 147 cm³/mol. The largest absolute Gasteiger partial charge is 0.496 e. The van der Waals surface area contributed by atoms with Crippen LogP contribution in [0.5, 0.6) is 5.75 Å². The van der Waals surface area contributed by atoms with Crippen molar-refractivity contribution in [2.45, 2.75) is 71.3 Å². The Morgan fingerprint density at radius 2 is 1.79 bits per heavy atom. The summed E-state index contributed by atoms with van der Waals surface area (Å²) in [5, 5.41) is 0.924. The maximum Gasteiger partial charge on any atom is 0.419 e. The number of aromatic nitrogens is 1. The van der Waals surface area contributed by atoms with Crippen LogP contribution in [-0.2, 0) is 16.0 Å². The molecule has 1 aromatic heterocycles. The molecule has 7 nitrogen and oxygen atoms in total. The number of carbonyl (C=O) groups is 2. The quantitative estimate of drug-likeness (QED) is 0.343. The van der Waals surface area contributed by atoms with Crippen molar-refractivity contribution in [2.75, 3.05) is 20.8 Å². The molecule has 3 atom stereocenters. The molecule has 5 rings (SSSR count). The first-order chi connectivity index (χ1) is 18.5. The highest BCUT2D eigenvalue weighted by Gasteiger charge is 2.58.